The van der Waals surface area contributed by atoms with E-state index in [0.717, 1.165) is 0 Å². The maximum Gasteiger partial charge on any atom is 0.315 e. The van der Waals surface area contributed by atoms with Crippen molar-refractivity contribution in [3.8, 4) is 0 Å². The molecule has 0 saturated heterocycles. The summed E-state index contributed by atoms with van der Waals surface area (Å²) in [7, 11) is 0. The molecule has 7 heteroatoms. The van der Waals surface area contributed by atoms with Crippen molar-refractivity contribution in [2.45, 2.75) is 27.2 Å². The van der Waals surface area contributed by atoms with Crippen molar-refractivity contribution in [1.82, 2.24) is 9.80 Å². The van der Waals surface area contributed by atoms with Gasteiger partial charge in [-0.1, -0.05) is 6.92 Å². The Balaban J connectivity index is 4.56. The van der Waals surface area contributed by atoms with Gasteiger partial charge in [-0.15, -0.1) is 0 Å². The van der Waals surface area contributed by atoms with Crippen LogP contribution in [0.1, 0.15) is 27.2 Å². The molecule has 0 heterocycles. The van der Waals surface area contributed by atoms with Gasteiger partial charge in [-0.3, -0.25) is 29.0 Å². The first-order valence-corrected chi connectivity index (χ1v) is 6.88. The number of hydrogen-bond donors (Lipinski definition) is 0. The van der Waals surface area contributed by atoms with E-state index in [-0.39, 0.29) is 43.5 Å². The van der Waals surface area contributed by atoms with Crippen LogP contribution in [0.4, 0.5) is 4.39 Å². The first-order chi connectivity index (χ1) is 9.74. The van der Waals surface area contributed by atoms with E-state index in [4.69, 9.17) is 0 Å². The van der Waals surface area contributed by atoms with Crippen molar-refractivity contribution < 1.29 is 23.6 Å². The van der Waals surface area contributed by atoms with Crippen LogP contribution in [-0.4, -0.2) is 72.5 Å². The van der Waals surface area contributed by atoms with E-state index in [1.54, 1.807) is 11.8 Å². The first-order valence-electron chi connectivity index (χ1n) is 6.88. The maximum absolute atomic E-state index is 12.5. The van der Waals surface area contributed by atoms with Gasteiger partial charge in [0.2, 0.25) is 0 Å². The molecule has 6 nitrogen and oxygen atoms in total. The Labute approximate surface area is 124 Å². The largest absolute Gasteiger partial charge is 0.315 e. The van der Waals surface area contributed by atoms with Crippen LogP contribution in [-0.2, 0) is 19.2 Å². The van der Waals surface area contributed by atoms with Crippen LogP contribution in [0, 0.1) is 0 Å². The maximum atomic E-state index is 12.5. The highest BCUT2D eigenvalue weighted by atomic mass is 19.1. The molecule has 0 spiro atoms. The minimum atomic E-state index is -1.51. The second-order valence-corrected chi connectivity index (χ2v) is 5.07. The zero-order valence-corrected chi connectivity index (χ0v) is 12.9. The van der Waals surface area contributed by atoms with Gasteiger partial charge in [-0.25, -0.2) is 0 Å². The number of carbonyl (C=O) groups excluding carboxylic acids is 4. The highest BCUT2D eigenvalue weighted by Gasteiger charge is 2.16. The monoisotopic (exact) mass is 302 g/mol. The molecule has 0 unspecified atom stereocenters. The van der Waals surface area contributed by atoms with Crippen LogP contribution in [0.3, 0.4) is 0 Å². The van der Waals surface area contributed by atoms with E-state index in [1.807, 2.05) is 0 Å². The normalized spacial score (nSPS) is 11.0. The van der Waals surface area contributed by atoms with Crippen molar-refractivity contribution in [2.24, 2.45) is 0 Å². The van der Waals surface area contributed by atoms with Crippen LogP contribution in [0.5, 0.6) is 0 Å². The first kappa shape index (κ1) is 19.5. The zero-order chi connectivity index (χ0) is 16.4. The molecule has 0 aromatic rings. The Morgan fingerprint density at radius 3 is 1.57 bits per heavy atom. The molecule has 0 aromatic carbocycles. The second-order valence-electron chi connectivity index (χ2n) is 5.07. The SMILES string of the molecule is CCC(=O)CN(CCN(CC(C)=O)CC(=O)F)CC(C)=O. The third-order valence-corrected chi connectivity index (χ3v) is 2.77. The molecule has 0 aliphatic carbocycles. The van der Waals surface area contributed by atoms with Crippen LogP contribution >= 0.6 is 0 Å². The molecule has 0 radical (unpaired) electrons. The van der Waals surface area contributed by atoms with Crippen LogP contribution < -0.4 is 0 Å². The van der Waals surface area contributed by atoms with Gasteiger partial charge in [0.15, 0.2) is 0 Å². The van der Waals surface area contributed by atoms with Gasteiger partial charge in [0.05, 0.1) is 26.2 Å². The molecule has 0 amide bonds. The number of halogens is 1. The van der Waals surface area contributed by atoms with Gasteiger partial charge < -0.3 is 0 Å². The summed E-state index contributed by atoms with van der Waals surface area (Å²) in [6.07, 6.45) is 0.370. The van der Waals surface area contributed by atoms with Gasteiger partial charge in [0, 0.05) is 19.5 Å². The van der Waals surface area contributed by atoms with E-state index < -0.39 is 12.6 Å². The third-order valence-electron chi connectivity index (χ3n) is 2.77. The molecule has 21 heavy (non-hydrogen) atoms. The summed E-state index contributed by atoms with van der Waals surface area (Å²) in [6, 6.07) is -1.51. The van der Waals surface area contributed by atoms with Gasteiger partial charge in [0.1, 0.15) is 17.3 Å². The molecule has 0 rings (SSSR count). The van der Waals surface area contributed by atoms with Crippen LogP contribution in [0.2, 0.25) is 0 Å². The molecular weight excluding hydrogens is 279 g/mol. The smallest absolute Gasteiger partial charge is 0.299 e. The summed E-state index contributed by atoms with van der Waals surface area (Å²) < 4.78 is 12.5. The Morgan fingerprint density at radius 1 is 0.810 bits per heavy atom. The van der Waals surface area contributed by atoms with Gasteiger partial charge in [0.25, 0.3) is 0 Å². The van der Waals surface area contributed by atoms with E-state index in [1.165, 1.54) is 18.7 Å². The fraction of sp³-hybridized carbons (Fsp3) is 0.714. The average molecular weight is 302 g/mol. The number of nitrogens with zero attached hydrogens (tertiary/aromatic N) is 2. The van der Waals surface area contributed by atoms with Crippen molar-refractivity contribution in [3.05, 3.63) is 0 Å². The molecule has 0 bridgehead atoms. The third kappa shape index (κ3) is 10.9. The summed E-state index contributed by atoms with van der Waals surface area (Å²) in [6.45, 7) is 4.80. The molecule has 0 aromatic heterocycles. The van der Waals surface area contributed by atoms with Gasteiger partial charge in [-0.2, -0.15) is 4.39 Å². The lowest BCUT2D eigenvalue weighted by atomic mass is 10.2. The van der Waals surface area contributed by atoms with E-state index in [2.05, 4.69) is 0 Å². The zero-order valence-electron chi connectivity index (χ0n) is 12.9. The molecular formula is C14H23FN2O4. The predicted molar refractivity (Wildman–Crippen MR) is 75.7 cm³/mol. The lowest BCUT2D eigenvalue weighted by Crippen LogP contribution is -2.42. The summed E-state index contributed by atoms with van der Waals surface area (Å²) in [5.74, 6) is -0.270. The molecule has 0 fully saturated rings. The molecule has 120 valence electrons. The summed E-state index contributed by atoms with van der Waals surface area (Å²) in [5, 5.41) is 0. The Kier molecular flexibility index (Phi) is 9.56. The number of ketones is 3. The summed E-state index contributed by atoms with van der Waals surface area (Å²) in [4.78, 5) is 47.3. The number of hydrogen-bond acceptors (Lipinski definition) is 6. The highest BCUT2D eigenvalue weighted by molar-refractivity contribution is 5.82. The quantitative estimate of drug-likeness (QED) is 0.481. The van der Waals surface area contributed by atoms with Crippen LogP contribution in [0.25, 0.3) is 0 Å². The van der Waals surface area contributed by atoms with Crippen molar-refractivity contribution in [1.29, 1.82) is 0 Å². The number of rotatable bonds is 12. The van der Waals surface area contributed by atoms with E-state index >= 15 is 0 Å². The Morgan fingerprint density at radius 2 is 1.24 bits per heavy atom. The predicted octanol–water partition coefficient (Wildman–Crippen LogP) is 0.244. The highest BCUT2D eigenvalue weighted by Crippen LogP contribution is 1.97. The topological polar surface area (TPSA) is 74.8 Å². The summed E-state index contributed by atoms with van der Waals surface area (Å²) in [5.41, 5.74) is 0. The average Bonchev–Trinajstić information content (AvgIpc) is 2.33. The minimum absolute atomic E-state index is 0.00376. The molecule has 0 aliphatic heterocycles. The molecule has 0 saturated carbocycles. The molecule has 0 aliphatic rings. The van der Waals surface area contributed by atoms with E-state index in [9.17, 15) is 23.6 Å². The van der Waals surface area contributed by atoms with Crippen molar-refractivity contribution in [2.75, 3.05) is 39.3 Å². The molecule has 0 N–H and O–H groups in total. The summed E-state index contributed by atoms with van der Waals surface area (Å²) >= 11 is 0. The lowest BCUT2D eigenvalue weighted by molar-refractivity contribution is -0.131. The minimum Gasteiger partial charge on any atom is -0.299 e. The lowest BCUT2D eigenvalue weighted by Gasteiger charge is -2.24. The fourth-order valence-corrected chi connectivity index (χ4v) is 1.88. The van der Waals surface area contributed by atoms with E-state index in [0.29, 0.717) is 13.0 Å². The second kappa shape index (κ2) is 10.3. The number of carbonyl (C=O) groups is 4. The van der Waals surface area contributed by atoms with Gasteiger partial charge >= 0.3 is 6.04 Å². The standard InChI is InChI=1S/C14H23FN2O4/c1-4-13(20)9-16(7-11(2)18)5-6-17(8-12(3)19)10-14(15)21/h4-10H2,1-3H3. The van der Waals surface area contributed by atoms with Crippen molar-refractivity contribution in [3.63, 3.8) is 0 Å². The van der Waals surface area contributed by atoms with Gasteiger partial charge in [-0.05, 0) is 13.8 Å². The fourth-order valence-electron chi connectivity index (χ4n) is 1.88. The van der Waals surface area contributed by atoms with Crippen molar-refractivity contribution >= 4 is 23.4 Å². The van der Waals surface area contributed by atoms with Crippen LogP contribution in [0.15, 0.2) is 0 Å². The Hall–Kier alpha value is -1.47. The number of Topliss-reactive ketones (excluding diaryl/α,β-unsaturated/α-hetero) is 3. The Bertz CT molecular complexity index is 382. The molecule has 0 atom stereocenters.